The predicted molar refractivity (Wildman–Crippen MR) is 189 cm³/mol. The number of rotatable bonds is 12. The van der Waals surface area contributed by atoms with Crippen molar-refractivity contribution >= 4 is 29.4 Å². The van der Waals surface area contributed by atoms with E-state index in [1.807, 2.05) is 85.7 Å². The number of carbonyl (C=O) groups is 2. The molecule has 4 rings (SSSR count). The molecule has 0 spiro atoms. The number of hydrogen-bond donors (Lipinski definition) is 0. The molecule has 47 heavy (non-hydrogen) atoms. The molecule has 0 bridgehead atoms. The van der Waals surface area contributed by atoms with E-state index in [4.69, 9.17) is 14.2 Å². The Labute approximate surface area is 281 Å². The van der Waals surface area contributed by atoms with Crippen LogP contribution in [0.2, 0.25) is 0 Å². The summed E-state index contributed by atoms with van der Waals surface area (Å²) in [5.74, 6) is 13.2. The number of anilines is 1. The van der Waals surface area contributed by atoms with Gasteiger partial charge in [0, 0.05) is 53.0 Å². The van der Waals surface area contributed by atoms with Crippen LogP contribution in [0, 0.1) is 23.7 Å². The molecule has 0 amide bonds. The monoisotopic (exact) mass is 643 g/mol. The van der Waals surface area contributed by atoms with Crippen LogP contribution in [0.1, 0.15) is 51.0 Å². The average Bonchev–Trinajstić information content (AvgIpc) is 3.11. The Morgan fingerprint density at radius 1 is 0.787 bits per heavy atom. The zero-order valence-electron chi connectivity index (χ0n) is 26.9. The second kappa shape index (κ2) is 17.9. The number of benzene rings is 4. The highest BCUT2D eigenvalue weighted by atomic mass is 32.2. The molecule has 0 aliphatic heterocycles. The lowest BCUT2D eigenvalue weighted by molar-refractivity contribution is -0.137. The van der Waals surface area contributed by atoms with E-state index in [0.717, 1.165) is 46.5 Å². The first-order chi connectivity index (χ1) is 22.8. The van der Waals surface area contributed by atoms with Crippen molar-refractivity contribution in [3.8, 4) is 29.4 Å². The van der Waals surface area contributed by atoms with E-state index >= 15 is 0 Å². The summed E-state index contributed by atoms with van der Waals surface area (Å²) in [4.78, 5) is 26.8. The van der Waals surface area contributed by atoms with Gasteiger partial charge in [0.2, 0.25) is 0 Å². The Bertz CT molecular complexity index is 1790. The van der Waals surface area contributed by atoms with Crippen LogP contribution in [0.15, 0.2) is 109 Å². The molecule has 0 atom stereocenters. The first-order valence-corrected chi connectivity index (χ1v) is 16.1. The molecular formula is C40H37NO5S. The van der Waals surface area contributed by atoms with Crippen molar-refractivity contribution in [3.63, 3.8) is 0 Å². The van der Waals surface area contributed by atoms with E-state index in [0.29, 0.717) is 23.5 Å². The minimum Gasteiger partial charge on any atom is -0.488 e. The molecule has 7 heteroatoms. The summed E-state index contributed by atoms with van der Waals surface area (Å²) < 4.78 is 16.0. The molecule has 0 aliphatic carbocycles. The molecule has 0 aliphatic rings. The lowest BCUT2D eigenvalue weighted by Crippen LogP contribution is -2.07. The van der Waals surface area contributed by atoms with Crippen molar-refractivity contribution in [1.82, 2.24) is 0 Å². The van der Waals surface area contributed by atoms with Gasteiger partial charge in [-0.1, -0.05) is 42.4 Å². The maximum absolute atomic E-state index is 12.5. The standard InChI is InChI=1S/C40H37NO5S/c1-5-39(42)45-26-6-7-27-47-36-23-18-32(19-24-36)9-8-30-11-14-34(15-12-30)29-46-38-25-20-33(28-37(38)40(43)44-4)13-10-31-16-21-35(22-17-31)41(2)3/h5,11-12,14-25,28H,1,6-7,26-27,29H2,2-4H3. The van der Waals surface area contributed by atoms with E-state index in [1.165, 1.54) is 18.1 Å². The molecule has 4 aromatic rings. The second-order valence-electron chi connectivity index (χ2n) is 10.6. The van der Waals surface area contributed by atoms with Crippen molar-refractivity contribution in [3.05, 3.63) is 137 Å². The lowest BCUT2D eigenvalue weighted by atomic mass is 10.1. The molecule has 0 fully saturated rings. The topological polar surface area (TPSA) is 65.1 Å². The first kappa shape index (κ1) is 34.5. The van der Waals surface area contributed by atoms with Gasteiger partial charge >= 0.3 is 11.9 Å². The van der Waals surface area contributed by atoms with E-state index < -0.39 is 5.97 Å². The Balaban J connectivity index is 1.30. The van der Waals surface area contributed by atoms with Crippen LogP contribution in [0.3, 0.4) is 0 Å². The molecule has 0 aromatic heterocycles. The highest BCUT2D eigenvalue weighted by molar-refractivity contribution is 7.99. The summed E-state index contributed by atoms with van der Waals surface area (Å²) in [6.07, 6.45) is 2.96. The molecule has 0 radical (unpaired) electrons. The van der Waals surface area contributed by atoms with Gasteiger partial charge in [-0.05, 0) is 103 Å². The van der Waals surface area contributed by atoms with Crippen LogP contribution in [0.4, 0.5) is 5.69 Å². The van der Waals surface area contributed by atoms with E-state index in [2.05, 4.69) is 42.4 Å². The number of methoxy groups -OCH3 is 1. The van der Waals surface area contributed by atoms with E-state index in [9.17, 15) is 9.59 Å². The van der Waals surface area contributed by atoms with E-state index in [1.54, 1.807) is 23.9 Å². The third kappa shape index (κ3) is 11.2. The summed E-state index contributed by atoms with van der Waals surface area (Å²) in [6, 6.07) is 29.2. The Hall–Kier alpha value is -5.37. The summed E-state index contributed by atoms with van der Waals surface area (Å²) in [7, 11) is 5.33. The van der Waals surface area contributed by atoms with Crippen LogP contribution >= 0.6 is 11.8 Å². The maximum Gasteiger partial charge on any atom is 0.341 e. The van der Waals surface area contributed by atoms with Crippen LogP contribution in [-0.4, -0.2) is 45.5 Å². The van der Waals surface area contributed by atoms with Gasteiger partial charge in [0.05, 0.1) is 13.7 Å². The molecule has 238 valence electrons. The number of carbonyl (C=O) groups excluding carboxylic acids is 2. The molecule has 6 nitrogen and oxygen atoms in total. The van der Waals surface area contributed by atoms with Gasteiger partial charge in [0.25, 0.3) is 0 Å². The number of thioether (sulfide) groups is 1. The highest BCUT2D eigenvalue weighted by Gasteiger charge is 2.14. The summed E-state index contributed by atoms with van der Waals surface area (Å²) in [5.41, 5.74) is 5.75. The number of ether oxygens (including phenoxy) is 3. The van der Waals surface area contributed by atoms with Gasteiger partial charge in [0.1, 0.15) is 17.9 Å². The van der Waals surface area contributed by atoms with Crippen molar-refractivity contribution in [2.45, 2.75) is 24.3 Å². The first-order valence-electron chi connectivity index (χ1n) is 15.1. The average molecular weight is 644 g/mol. The van der Waals surface area contributed by atoms with Gasteiger partial charge in [-0.15, -0.1) is 11.8 Å². The lowest BCUT2D eigenvalue weighted by Gasteiger charge is -2.11. The van der Waals surface area contributed by atoms with Gasteiger partial charge in [-0.3, -0.25) is 0 Å². The fourth-order valence-corrected chi connectivity index (χ4v) is 5.15. The van der Waals surface area contributed by atoms with Crippen molar-refractivity contribution in [2.75, 3.05) is 38.5 Å². The van der Waals surface area contributed by atoms with Crippen molar-refractivity contribution < 1.29 is 23.8 Å². The zero-order chi connectivity index (χ0) is 33.4. The largest absolute Gasteiger partial charge is 0.488 e. The molecule has 0 saturated heterocycles. The maximum atomic E-state index is 12.5. The molecule has 4 aromatic carbocycles. The van der Waals surface area contributed by atoms with Crippen LogP contribution in [0.5, 0.6) is 5.75 Å². The zero-order valence-corrected chi connectivity index (χ0v) is 27.7. The molecule has 0 saturated carbocycles. The number of unbranched alkanes of at least 4 members (excludes halogenated alkanes) is 1. The molecule has 0 N–H and O–H groups in total. The van der Waals surface area contributed by atoms with Crippen LogP contribution in [-0.2, 0) is 20.9 Å². The Morgan fingerprint density at radius 2 is 1.36 bits per heavy atom. The van der Waals surface area contributed by atoms with Crippen molar-refractivity contribution in [2.24, 2.45) is 0 Å². The van der Waals surface area contributed by atoms with Gasteiger partial charge < -0.3 is 19.1 Å². The molecule has 0 unspecified atom stereocenters. The van der Waals surface area contributed by atoms with Crippen molar-refractivity contribution in [1.29, 1.82) is 0 Å². The Kier molecular flexibility index (Phi) is 13.2. The SMILES string of the molecule is C=CC(=O)OCCCCSc1ccc(C#Cc2ccc(COc3ccc(C#Cc4ccc(N(C)C)cc4)cc3C(=O)OC)cc2)cc1. The summed E-state index contributed by atoms with van der Waals surface area (Å²) >= 11 is 1.77. The minimum atomic E-state index is -0.486. The summed E-state index contributed by atoms with van der Waals surface area (Å²) in [6.45, 7) is 4.09. The fraction of sp³-hybridized carbons (Fsp3) is 0.200. The molecular weight excluding hydrogens is 607 g/mol. The smallest absolute Gasteiger partial charge is 0.341 e. The van der Waals surface area contributed by atoms with Gasteiger partial charge in [-0.25, -0.2) is 9.59 Å². The van der Waals surface area contributed by atoms with Gasteiger partial charge in [-0.2, -0.15) is 0 Å². The third-order valence-electron chi connectivity index (χ3n) is 6.89. The third-order valence-corrected chi connectivity index (χ3v) is 7.99. The normalized spacial score (nSPS) is 10.0. The van der Waals surface area contributed by atoms with Gasteiger partial charge in [0.15, 0.2) is 0 Å². The second-order valence-corrected chi connectivity index (χ2v) is 11.7. The summed E-state index contributed by atoms with van der Waals surface area (Å²) in [5, 5.41) is 0. The van der Waals surface area contributed by atoms with Crippen LogP contribution in [0.25, 0.3) is 0 Å². The Morgan fingerprint density at radius 3 is 1.96 bits per heavy atom. The number of nitrogens with zero attached hydrogens (tertiary/aromatic N) is 1. The number of hydrogen-bond acceptors (Lipinski definition) is 7. The minimum absolute atomic E-state index is 0.278. The number of esters is 2. The van der Waals surface area contributed by atoms with Crippen LogP contribution < -0.4 is 9.64 Å². The predicted octanol–water partition coefficient (Wildman–Crippen LogP) is 7.52. The van der Waals surface area contributed by atoms with E-state index in [-0.39, 0.29) is 12.6 Å². The fourth-order valence-electron chi connectivity index (χ4n) is 4.24. The highest BCUT2D eigenvalue weighted by Crippen LogP contribution is 2.23. The molecule has 0 heterocycles. The quantitative estimate of drug-likeness (QED) is 0.0520.